The normalized spacial score (nSPS) is 12.5. The van der Waals surface area contributed by atoms with Crippen LogP contribution >= 0.6 is 11.6 Å². The van der Waals surface area contributed by atoms with E-state index in [2.05, 4.69) is 13.8 Å². The van der Waals surface area contributed by atoms with Gasteiger partial charge in [-0.05, 0) is 23.6 Å². The molecule has 0 saturated heterocycles. The molecule has 0 saturated carbocycles. The summed E-state index contributed by atoms with van der Waals surface area (Å²) >= 11 is 5.43. The number of hydrogen-bond donors (Lipinski definition) is 1. The minimum atomic E-state index is -1.34. The molecule has 0 amide bonds. The zero-order valence-corrected chi connectivity index (χ0v) is 9.36. The number of ether oxygens (including phenoxy) is 1. The first-order chi connectivity index (χ1) is 7.00. The Bertz CT molecular complexity index is 332. The van der Waals surface area contributed by atoms with Crippen molar-refractivity contribution in [3.63, 3.8) is 0 Å². The summed E-state index contributed by atoms with van der Waals surface area (Å²) in [5.74, 6) is -0.295. The van der Waals surface area contributed by atoms with Crippen LogP contribution in [0.25, 0.3) is 0 Å². The van der Waals surface area contributed by atoms with Gasteiger partial charge in [0.1, 0.15) is 5.75 Å². The van der Waals surface area contributed by atoms with Gasteiger partial charge in [0.25, 0.3) is 5.56 Å². The van der Waals surface area contributed by atoms with Crippen LogP contribution in [0.4, 0.5) is 0 Å². The van der Waals surface area contributed by atoms with E-state index in [1.165, 1.54) is 5.56 Å². The lowest BCUT2D eigenvalue weighted by Crippen LogP contribution is -2.20. The van der Waals surface area contributed by atoms with Gasteiger partial charge in [0, 0.05) is 0 Å². The average molecular weight is 229 g/mol. The van der Waals surface area contributed by atoms with E-state index in [9.17, 15) is 4.79 Å². The van der Waals surface area contributed by atoms with Crippen LogP contribution in [0.2, 0.25) is 0 Å². The second-order valence-electron chi connectivity index (χ2n) is 3.50. The maximum atomic E-state index is 10.4. The van der Waals surface area contributed by atoms with E-state index < -0.39 is 11.5 Å². The predicted molar refractivity (Wildman–Crippen MR) is 58.4 cm³/mol. The molecule has 1 aromatic rings. The second-order valence-corrected chi connectivity index (χ2v) is 3.89. The minimum absolute atomic E-state index is 0.435. The maximum absolute atomic E-state index is 10.4. The van der Waals surface area contributed by atoms with E-state index in [-0.39, 0.29) is 0 Å². The number of halogens is 1. The van der Waals surface area contributed by atoms with Crippen LogP contribution < -0.4 is 4.74 Å². The van der Waals surface area contributed by atoms with Gasteiger partial charge in [-0.3, -0.25) is 0 Å². The zero-order valence-electron chi connectivity index (χ0n) is 8.61. The third-order valence-corrected chi connectivity index (χ3v) is 2.26. The molecule has 0 radical (unpaired) electrons. The van der Waals surface area contributed by atoms with Gasteiger partial charge >= 0.3 is 5.97 Å². The van der Waals surface area contributed by atoms with E-state index >= 15 is 0 Å². The lowest BCUT2D eigenvalue weighted by atomic mass is 10.0. The first kappa shape index (κ1) is 11.9. The molecule has 15 heavy (non-hydrogen) atoms. The molecule has 3 nitrogen and oxygen atoms in total. The molecule has 0 bridgehead atoms. The van der Waals surface area contributed by atoms with Gasteiger partial charge in [-0.25, -0.2) is 4.79 Å². The third kappa shape index (κ3) is 3.44. The number of rotatable bonds is 4. The largest absolute Gasteiger partial charge is 0.478 e. The summed E-state index contributed by atoms with van der Waals surface area (Å²) < 4.78 is 4.98. The number of aliphatic carboxylic acids is 1. The average Bonchev–Trinajstić information content (AvgIpc) is 2.18. The number of hydrogen-bond acceptors (Lipinski definition) is 2. The molecule has 1 unspecified atom stereocenters. The molecule has 0 aliphatic rings. The van der Waals surface area contributed by atoms with Gasteiger partial charge in [-0.15, -0.1) is 0 Å². The monoisotopic (exact) mass is 228 g/mol. The molecule has 4 heteroatoms. The molecular weight excluding hydrogens is 216 g/mol. The summed E-state index contributed by atoms with van der Waals surface area (Å²) in [6.45, 7) is 4.16. The van der Waals surface area contributed by atoms with E-state index in [0.717, 1.165) is 0 Å². The third-order valence-electron chi connectivity index (χ3n) is 1.98. The maximum Gasteiger partial charge on any atom is 0.360 e. The summed E-state index contributed by atoms with van der Waals surface area (Å²) in [7, 11) is 0. The van der Waals surface area contributed by atoms with E-state index in [1.807, 2.05) is 12.1 Å². The number of carboxylic acids is 1. The highest BCUT2D eigenvalue weighted by atomic mass is 35.5. The van der Waals surface area contributed by atoms with Crippen LogP contribution in [0.3, 0.4) is 0 Å². The van der Waals surface area contributed by atoms with Gasteiger partial charge in [-0.2, -0.15) is 0 Å². The topological polar surface area (TPSA) is 46.5 Å². The molecule has 1 aromatic carbocycles. The molecule has 0 aliphatic carbocycles. The summed E-state index contributed by atoms with van der Waals surface area (Å²) in [5, 5.41) is 8.53. The Morgan fingerprint density at radius 1 is 1.33 bits per heavy atom. The van der Waals surface area contributed by atoms with Crippen molar-refractivity contribution in [1.29, 1.82) is 0 Å². The molecule has 0 aromatic heterocycles. The quantitative estimate of drug-likeness (QED) is 0.807. The Balaban J connectivity index is 2.68. The van der Waals surface area contributed by atoms with Crippen LogP contribution in [-0.2, 0) is 4.79 Å². The Morgan fingerprint density at radius 3 is 2.27 bits per heavy atom. The number of benzene rings is 1. The fraction of sp³-hybridized carbons (Fsp3) is 0.364. The standard InChI is InChI=1S/C11H13ClO3/c1-7(2)8-3-5-9(6-4-8)15-10(12)11(13)14/h3-7,10H,1-2H3,(H,13,14). The van der Waals surface area contributed by atoms with Crippen molar-refractivity contribution < 1.29 is 14.6 Å². The Kier molecular flexibility index (Phi) is 3.97. The predicted octanol–water partition coefficient (Wildman–Crippen LogP) is 2.84. The van der Waals surface area contributed by atoms with Crippen LogP contribution in [0.1, 0.15) is 25.3 Å². The molecule has 0 fully saturated rings. The summed E-state index contributed by atoms with van der Waals surface area (Å²) in [5.41, 5.74) is -0.168. The number of carbonyl (C=O) groups is 1. The Labute approximate surface area is 93.6 Å². The van der Waals surface area contributed by atoms with Crippen LogP contribution in [-0.4, -0.2) is 16.6 Å². The SMILES string of the molecule is CC(C)c1ccc(OC(Cl)C(=O)O)cc1. The first-order valence-corrected chi connectivity index (χ1v) is 5.08. The fourth-order valence-electron chi connectivity index (χ4n) is 1.10. The van der Waals surface area contributed by atoms with Crippen LogP contribution in [0.15, 0.2) is 24.3 Å². The summed E-state index contributed by atoms with van der Waals surface area (Å²) in [6, 6.07) is 7.22. The highest BCUT2D eigenvalue weighted by Crippen LogP contribution is 2.19. The molecule has 1 rings (SSSR count). The highest BCUT2D eigenvalue weighted by Gasteiger charge is 2.14. The smallest absolute Gasteiger partial charge is 0.360 e. The molecule has 0 spiro atoms. The summed E-state index contributed by atoms with van der Waals surface area (Å²) in [4.78, 5) is 10.4. The first-order valence-electron chi connectivity index (χ1n) is 4.64. The van der Waals surface area contributed by atoms with Crippen molar-refractivity contribution in [2.75, 3.05) is 0 Å². The molecular formula is C11H13ClO3. The van der Waals surface area contributed by atoms with Crippen molar-refractivity contribution in [1.82, 2.24) is 0 Å². The lowest BCUT2D eigenvalue weighted by Gasteiger charge is -2.10. The molecule has 0 heterocycles. The molecule has 0 aliphatic heterocycles. The van der Waals surface area contributed by atoms with Gasteiger partial charge in [0.2, 0.25) is 0 Å². The highest BCUT2D eigenvalue weighted by molar-refractivity contribution is 6.28. The van der Waals surface area contributed by atoms with Gasteiger partial charge in [0.15, 0.2) is 0 Å². The minimum Gasteiger partial charge on any atom is -0.478 e. The Morgan fingerprint density at radius 2 is 1.87 bits per heavy atom. The van der Waals surface area contributed by atoms with Crippen molar-refractivity contribution in [2.24, 2.45) is 0 Å². The number of carboxylic acid groups (broad SMARTS) is 1. The zero-order chi connectivity index (χ0) is 11.4. The van der Waals surface area contributed by atoms with Gasteiger partial charge < -0.3 is 9.84 Å². The van der Waals surface area contributed by atoms with Crippen LogP contribution in [0, 0.1) is 0 Å². The summed E-state index contributed by atoms with van der Waals surface area (Å²) in [6.07, 6.45) is 0. The van der Waals surface area contributed by atoms with Crippen molar-refractivity contribution in [2.45, 2.75) is 25.3 Å². The van der Waals surface area contributed by atoms with E-state index in [4.69, 9.17) is 21.4 Å². The van der Waals surface area contributed by atoms with Crippen LogP contribution in [0.5, 0.6) is 5.75 Å². The van der Waals surface area contributed by atoms with Gasteiger partial charge in [0.05, 0.1) is 0 Å². The lowest BCUT2D eigenvalue weighted by molar-refractivity contribution is -0.141. The van der Waals surface area contributed by atoms with Crippen molar-refractivity contribution in [3.05, 3.63) is 29.8 Å². The molecule has 1 N–H and O–H groups in total. The molecule has 1 atom stereocenters. The van der Waals surface area contributed by atoms with E-state index in [0.29, 0.717) is 11.7 Å². The second kappa shape index (κ2) is 5.03. The Hall–Kier alpha value is -1.22. The van der Waals surface area contributed by atoms with Crippen molar-refractivity contribution in [3.8, 4) is 5.75 Å². The number of alkyl halides is 1. The van der Waals surface area contributed by atoms with E-state index in [1.54, 1.807) is 12.1 Å². The fourth-order valence-corrected chi connectivity index (χ4v) is 1.20. The van der Waals surface area contributed by atoms with Crippen molar-refractivity contribution >= 4 is 17.6 Å². The van der Waals surface area contributed by atoms with Gasteiger partial charge in [-0.1, -0.05) is 37.6 Å². The molecule has 82 valence electrons.